The maximum Gasteiger partial charge on any atom is 0.0325 e. The molecule has 2 fully saturated rings. The number of benzene rings is 1. The zero-order chi connectivity index (χ0) is 14.7. The number of nitrogens with zero attached hydrogens (tertiary/aromatic N) is 2. The van der Waals surface area contributed by atoms with E-state index in [2.05, 4.69) is 31.8 Å². The van der Waals surface area contributed by atoms with E-state index >= 15 is 0 Å². The van der Waals surface area contributed by atoms with E-state index in [9.17, 15) is 0 Å². The second-order valence-electron chi connectivity index (χ2n) is 6.45. The molecular weight excluding hydrogens is 326 g/mol. The van der Waals surface area contributed by atoms with Crippen molar-refractivity contribution >= 4 is 21.6 Å². The normalized spacial score (nSPS) is 22.5. The van der Waals surface area contributed by atoms with Gasteiger partial charge in [0.25, 0.3) is 0 Å². The molecule has 0 bridgehead atoms. The van der Waals surface area contributed by atoms with Gasteiger partial charge in [-0.3, -0.25) is 4.90 Å². The van der Waals surface area contributed by atoms with Gasteiger partial charge in [-0.05, 0) is 69.6 Å². The van der Waals surface area contributed by atoms with Gasteiger partial charge in [-0.1, -0.05) is 28.4 Å². The molecule has 4 heteroatoms. The molecular formula is C17H26BrN3. The van der Waals surface area contributed by atoms with E-state index in [1.54, 1.807) is 0 Å². The third-order valence-electron chi connectivity index (χ3n) is 4.94. The summed E-state index contributed by atoms with van der Waals surface area (Å²) >= 11 is 3.63. The lowest BCUT2D eigenvalue weighted by atomic mass is 9.99. The number of anilines is 1. The minimum Gasteiger partial charge on any atom is -0.399 e. The van der Waals surface area contributed by atoms with Gasteiger partial charge >= 0.3 is 0 Å². The van der Waals surface area contributed by atoms with Crippen LogP contribution in [-0.4, -0.2) is 42.0 Å². The van der Waals surface area contributed by atoms with Crippen LogP contribution < -0.4 is 5.73 Å². The summed E-state index contributed by atoms with van der Waals surface area (Å²) in [5.41, 5.74) is 7.99. The van der Waals surface area contributed by atoms with Gasteiger partial charge in [0.2, 0.25) is 0 Å². The monoisotopic (exact) mass is 351 g/mol. The van der Waals surface area contributed by atoms with Crippen LogP contribution in [0, 0.1) is 0 Å². The lowest BCUT2D eigenvalue weighted by Crippen LogP contribution is -2.46. The van der Waals surface area contributed by atoms with Crippen molar-refractivity contribution in [3.63, 3.8) is 0 Å². The predicted octanol–water partition coefficient (Wildman–Crippen LogP) is 3.48. The Kier molecular flexibility index (Phi) is 5.19. The molecule has 0 atom stereocenters. The molecule has 2 aliphatic heterocycles. The second kappa shape index (κ2) is 7.12. The molecule has 3 nitrogen and oxygen atoms in total. The zero-order valence-electron chi connectivity index (χ0n) is 12.7. The molecule has 1 aromatic carbocycles. The fraction of sp³-hybridized carbons (Fsp3) is 0.647. The summed E-state index contributed by atoms with van der Waals surface area (Å²) in [5, 5.41) is 0. The van der Waals surface area contributed by atoms with Gasteiger partial charge in [0.15, 0.2) is 0 Å². The average Bonchev–Trinajstić information content (AvgIpc) is 2.52. The van der Waals surface area contributed by atoms with Crippen molar-refractivity contribution < 1.29 is 0 Å². The molecule has 1 aromatic rings. The Hall–Kier alpha value is -0.580. The highest BCUT2D eigenvalue weighted by Crippen LogP contribution is 2.25. The smallest absolute Gasteiger partial charge is 0.0325 e. The van der Waals surface area contributed by atoms with Crippen LogP contribution in [-0.2, 0) is 6.54 Å². The molecule has 0 saturated carbocycles. The van der Waals surface area contributed by atoms with Gasteiger partial charge in [0.1, 0.15) is 0 Å². The molecule has 0 amide bonds. The zero-order valence-corrected chi connectivity index (χ0v) is 14.3. The number of piperidine rings is 2. The Bertz CT molecular complexity index is 463. The summed E-state index contributed by atoms with van der Waals surface area (Å²) in [5.74, 6) is 0. The van der Waals surface area contributed by atoms with E-state index in [-0.39, 0.29) is 0 Å². The SMILES string of the molecule is Nc1ccc(CN2CCC(N3CCCCC3)CC2)c(Br)c1. The molecule has 2 N–H and O–H groups in total. The number of nitrogen functional groups attached to an aromatic ring is 1. The second-order valence-corrected chi connectivity index (χ2v) is 7.31. The van der Waals surface area contributed by atoms with Gasteiger partial charge in [-0.25, -0.2) is 0 Å². The van der Waals surface area contributed by atoms with Crippen LogP contribution in [0.4, 0.5) is 5.69 Å². The minimum absolute atomic E-state index is 0.828. The summed E-state index contributed by atoms with van der Waals surface area (Å²) in [4.78, 5) is 5.32. The van der Waals surface area contributed by atoms with Gasteiger partial charge in [0.05, 0.1) is 0 Å². The summed E-state index contributed by atoms with van der Waals surface area (Å²) in [7, 11) is 0. The van der Waals surface area contributed by atoms with Crippen molar-refractivity contribution in [3.8, 4) is 0 Å². The maximum atomic E-state index is 5.81. The maximum absolute atomic E-state index is 5.81. The molecule has 2 saturated heterocycles. The molecule has 3 rings (SSSR count). The predicted molar refractivity (Wildman–Crippen MR) is 92.3 cm³/mol. The van der Waals surface area contributed by atoms with Crippen LogP contribution in [0.5, 0.6) is 0 Å². The van der Waals surface area contributed by atoms with Crippen molar-refractivity contribution in [2.24, 2.45) is 0 Å². The first-order valence-corrected chi connectivity index (χ1v) is 9.02. The fourth-order valence-corrected chi connectivity index (χ4v) is 4.18. The fourth-order valence-electron chi connectivity index (χ4n) is 3.66. The molecule has 0 radical (unpaired) electrons. The molecule has 21 heavy (non-hydrogen) atoms. The van der Waals surface area contributed by atoms with E-state index < -0.39 is 0 Å². The van der Waals surface area contributed by atoms with Crippen LogP contribution in [0.2, 0.25) is 0 Å². The van der Waals surface area contributed by atoms with Gasteiger partial charge in [0, 0.05) is 22.7 Å². The summed E-state index contributed by atoms with van der Waals surface area (Å²) in [6.07, 6.45) is 6.89. The number of hydrogen-bond donors (Lipinski definition) is 1. The highest BCUT2D eigenvalue weighted by molar-refractivity contribution is 9.10. The molecule has 0 unspecified atom stereocenters. The van der Waals surface area contributed by atoms with Gasteiger partial charge in [-0.15, -0.1) is 0 Å². The van der Waals surface area contributed by atoms with Crippen molar-refractivity contribution in [2.75, 3.05) is 31.9 Å². The third-order valence-corrected chi connectivity index (χ3v) is 5.67. The summed E-state index contributed by atoms with van der Waals surface area (Å²) in [6, 6.07) is 6.99. The van der Waals surface area contributed by atoms with Crippen LogP contribution in [0.1, 0.15) is 37.7 Å². The standard InChI is InChI=1S/C17H26BrN3/c18-17-12-15(19)5-4-14(17)13-20-10-6-16(7-11-20)21-8-2-1-3-9-21/h4-5,12,16H,1-3,6-11,13,19H2. The minimum atomic E-state index is 0.828. The molecule has 116 valence electrons. The van der Waals surface area contributed by atoms with Crippen molar-refractivity contribution in [3.05, 3.63) is 28.2 Å². The summed E-state index contributed by atoms with van der Waals surface area (Å²) in [6.45, 7) is 6.13. The van der Waals surface area contributed by atoms with Crippen LogP contribution in [0.25, 0.3) is 0 Å². The Morgan fingerprint density at radius 3 is 2.43 bits per heavy atom. The number of likely N-dealkylation sites (tertiary alicyclic amines) is 2. The van der Waals surface area contributed by atoms with E-state index in [0.717, 1.165) is 22.7 Å². The lowest BCUT2D eigenvalue weighted by molar-refractivity contribution is 0.0896. The van der Waals surface area contributed by atoms with E-state index in [0.29, 0.717) is 0 Å². The molecule has 0 aromatic heterocycles. The number of hydrogen-bond acceptors (Lipinski definition) is 3. The topological polar surface area (TPSA) is 32.5 Å². The average molecular weight is 352 g/mol. The van der Waals surface area contributed by atoms with E-state index in [1.807, 2.05) is 12.1 Å². The first-order chi connectivity index (χ1) is 10.2. The van der Waals surface area contributed by atoms with Crippen molar-refractivity contribution in [1.82, 2.24) is 9.80 Å². The molecule has 0 aliphatic carbocycles. The Labute approximate surface area is 136 Å². The Morgan fingerprint density at radius 1 is 1.05 bits per heavy atom. The molecule has 2 aliphatic rings. The molecule has 0 spiro atoms. The largest absolute Gasteiger partial charge is 0.399 e. The highest BCUT2D eigenvalue weighted by atomic mass is 79.9. The van der Waals surface area contributed by atoms with Gasteiger partial charge in [-0.2, -0.15) is 0 Å². The van der Waals surface area contributed by atoms with Crippen molar-refractivity contribution in [2.45, 2.75) is 44.7 Å². The van der Waals surface area contributed by atoms with Gasteiger partial charge < -0.3 is 10.6 Å². The third kappa shape index (κ3) is 3.99. The Morgan fingerprint density at radius 2 is 1.76 bits per heavy atom. The number of rotatable bonds is 3. The number of nitrogens with two attached hydrogens (primary N) is 1. The number of halogens is 1. The van der Waals surface area contributed by atoms with E-state index in [1.165, 1.54) is 63.8 Å². The first-order valence-electron chi connectivity index (χ1n) is 8.23. The lowest BCUT2D eigenvalue weighted by Gasteiger charge is -2.40. The van der Waals surface area contributed by atoms with Crippen molar-refractivity contribution in [1.29, 1.82) is 0 Å². The van der Waals surface area contributed by atoms with Crippen LogP contribution >= 0.6 is 15.9 Å². The highest BCUT2D eigenvalue weighted by Gasteiger charge is 2.25. The van der Waals surface area contributed by atoms with Crippen LogP contribution in [0.3, 0.4) is 0 Å². The quantitative estimate of drug-likeness (QED) is 0.846. The van der Waals surface area contributed by atoms with E-state index in [4.69, 9.17) is 5.73 Å². The summed E-state index contributed by atoms with van der Waals surface area (Å²) < 4.78 is 1.14. The first kappa shape index (κ1) is 15.3. The molecule has 2 heterocycles. The Balaban J connectivity index is 1.51. The van der Waals surface area contributed by atoms with Crippen LogP contribution in [0.15, 0.2) is 22.7 Å².